The Kier molecular flexibility index (Phi) is 3.57. The Bertz CT molecular complexity index is 1120. The van der Waals surface area contributed by atoms with Gasteiger partial charge < -0.3 is 9.15 Å². The third-order valence-electron chi connectivity index (χ3n) is 4.56. The minimum absolute atomic E-state index is 0.180. The van der Waals surface area contributed by atoms with Crippen molar-refractivity contribution in [2.24, 2.45) is 0 Å². The van der Waals surface area contributed by atoms with Crippen LogP contribution in [-0.4, -0.2) is 7.11 Å². The molecule has 2 aromatic carbocycles. The summed E-state index contributed by atoms with van der Waals surface area (Å²) in [5.41, 5.74) is 6.05. The number of methoxy groups -OCH3 is 1. The van der Waals surface area contributed by atoms with Crippen molar-refractivity contribution >= 4 is 11.0 Å². The van der Waals surface area contributed by atoms with Gasteiger partial charge in [-0.2, -0.15) is 0 Å². The second kappa shape index (κ2) is 5.78. The molecular weight excluding hydrogens is 312 g/mol. The van der Waals surface area contributed by atoms with E-state index in [4.69, 9.17) is 9.15 Å². The van der Waals surface area contributed by atoms with Gasteiger partial charge in [0.2, 0.25) is 5.43 Å². The van der Waals surface area contributed by atoms with Gasteiger partial charge in [0.15, 0.2) is 5.75 Å². The molecule has 0 aromatic heterocycles. The van der Waals surface area contributed by atoms with Crippen molar-refractivity contribution in [3.8, 4) is 28.2 Å². The molecule has 0 saturated carbocycles. The van der Waals surface area contributed by atoms with Crippen LogP contribution in [0, 0.1) is 13.8 Å². The molecular formula is C22H18O3. The third kappa shape index (κ3) is 2.49. The summed E-state index contributed by atoms with van der Waals surface area (Å²) in [6, 6.07) is 17.6. The Morgan fingerprint density at radius 1 is 0.920 bits per heavy atom. The van der Waals surface area contributed by atoms with Crippen LogP contribution in [0.15, 0.2) is 63.8 Å². The van der Waals surface area contributed by atoms with Crippen molar-refractivity contribution in [2.75, 3.05) is 7.11 Å². The van der Waals surface area contributed by atoms with Gasteiger partial charge in [-0.3, -0.25) is 4.79 Å². The summed E-state index contributed by atoms with van der Waals surface area (Å²) in [6.07, 6.45) is 0. The van der Waals surface area contributed by atoms with Crippen LogP contribution < -0.4 is 10.2 Å². The van der Waals surface area contributed by atoms with Gasteiger partial charge in [0, 0.05) is 22.6 Å². The summed E-state index contributed by atoms with van der Waals surface area (Å²) in [7, 11) is 1.51. The van der Waals surface area contributed by atoms with Crippen molar-refractivity contribution in [3.05, 3.63) is 75.9 Å². The summed E-state index contributed by atoms with van der Waals surface area (Å²) in [4.78, 5) is 12.2. The van der Waals surface area contributed by atoms with E-state index in [1.54, 1.807) is 6.07 Å². The first-order valence-electron chi connectivity index (χ1n) is 8.19. The molecule has 3 nitrogen and oxygen atoms in total. The zero-order valence-corrected chi connectivity index (χ0v) is 14.4. The zero-order chi connectivity index (χ0) is 17.6. The van der Waals surface area contributed by atoms with Crippen molar-refractivity contribution in [1.82, 2.24) is 0 Å². The molecule has 0 N–H and O–H groups in total. The summed E-state index contributed by atoms with van der Waals surface area (Å²) >= 11 is 0. The number of rotatable bonds is 2. The van der Waals surface area contributed by atoms with Gasteiger partial charge in [-0.05, 0) is 37.1 Å². The molecule has 1 aliphatic carbocycles. The molecule has 0 unspecified atom stereocenters. The molecule has 3 heteroatoms. The van der Waals surface area contributed by atoms with Gasteiger partial charge >= 0.3 is 0 Å². The molecule has 124 valence electrons. The van der Waals surface area contributed by atoms with E-state index in [2.05, 4.69) is 32.0 Å². The molecule has 4 rings (SSSR count). The minimum Gasteiger partial charge on any atom is -0.493 e. The lowest BCUT2D eigenvalue weighted by atomic mass is 9.90. The number of fused-ring (bicyclic) bond motifs is 2. The van der Waals surface area contributed by atoms with Crippen LogP contribution in [0.5, 0.6) is 5.75 Å². The molecule has 2 aliphatic rings. The maximum absolute atomic E-state index is 12.2. The standard InChI is InChI=1S/C22H18O3/c1-13-8-9-15(14(2)10-13)22-16-6-4-5-7-19(16)25-20-12-18(23)21(24-3)11-17(20)22/h4-12H,1-3H3. The van der Waals surface area contributed by atoms with E-state index in [9.17, 15) is 4.79 Å². The Balaban J connectivity index is 2.20. The lowest BCUT2D eigenvalue weighted by Crippen LogP contribution is -2.06. The van der Waals surface area contributed by atoms with Gasteiger partial charge in [0.05, 0.1) is 7.11 Å². The molecule has 0 fully saturated rings. The minimum atomic E-state index is -0.180. The normalized spacial score (nSPS) is 11.2. The van der Waals surface area contributed by atoms with Gasteiger partial charge in [-0.25, -0.2) is 0 Å². The van der Waals surface area contributed by atoms with E-state index >= 15 is 0 Å². The number of hydrogen-bond acceptors (Lipinski definition) is 3. The quantitative estimate of drug-likeness (QED) is 0.475. The fourth-order valence-electron chi connectivity index (χ4n) is 3.39. The van der Waals surface area contributed by atoms with Crippen molar-refractivity contribution in [2.45, 2.75) is 13.8 Å². The zero-order valence-electron chi connectivity index (χ0n) is 14.4. The highest BCUT2D eigenvalue weighted by Crippen LogP contribution is 2.41. The SMILES string of the molecule is COc1cc2c(-c3ccc(C)cc3C)c3ccccc3oc-2cc1=O. The fraction of sp³-hybridized carbons (Fsp3) is 0.136. The number of benzene rings is 3. The molecule has 1 aliphatic heterocycles. The van der Waals surface area contributed by atoms with Crippen LogP contribution in [0.3, 0.4) is 0 Å². The summed E-state index contributed by atoms with van der Waals surface area (Å²) in [5.74, 6) is 0.892. The smallest absolute Gasteiger partial charge is 0.224 e. The topological polar surface area (TPSA) is 39.4 Å². The number of aryl methyl sites for hydroxylation is 2. The highest BCUT2D eigenvalue weighted by atomic mass is 16.5. The average molecular weight is 330 g/mol. The monoisotopic (exact) mass is 330 g/mol. The van der Waals surface area contributed by atoms with Crippen LogP contribution in [0.4, 0.5) is 0 Å². The molecule has 0 saturated heterocycles. The largest absolute Gasteiger partial charge is 0.493 e. The van der Waals surface area contributed by atoms with Gasteiger partial charge in [0.25, 0.3) is 0 Å². The molecule has 1 heterocycles. The molecule has 0 bridgehead atoms. The predicted octanol–water partition coefficient (Wildman–Crippen LogP) is 5.19. The Labute approximate surface area is 145 Å². The van der Waals surface area contributed by atoms with Gasteiger partial charge in [0.1, 0.15) is 11.3 Å². The number of ether oxygens (including phenoxy) is 1. The van der Waals surface area contributed by atoms with Crippen LogP contribution in [-0.2, 0) is 0 Å². The van der Waals surface area contributed by atoms with Crippen molar-refractivity contribution in [3.63, 3.8) is 0 Å². The Hall–Kier alpha value is -3.07. The van der Waals surface area contributed by atoms with Crippen LogP contribution in [0.25, 0.3) is 33.4 Å². The van der Waals surface area contributed by atoms with E-state index < -0.39 is 0 Å². The summed E-state index contributed by atoms with van der Waals surface area (Å²) in [5, 5.41) is 1.02. The van der Waals surface area contributed by atoms with E-state index in [-0.39, 0.29) is 5.43 Å². The first-order chi connectivity index (χ1) is 12.1. The van der Waals surface area contributed by atoms with Crippen LogP contribution >= 0.6 is 0 Å². The van der Waals surface area contributed by atoms with E-state index in [1.165, 1.54) is 24.3 Å². The Morgan fingerprint density at radius 2 is 1.72 bits per heavy atom. The first-order valence-corrected chi connectivity index (χ1v) is 8.19. The first kappa shape index (κ1) is 15.5. The average Bonchev–Trinajstić information content (AvgIpc) is 2.60. The molecule has 25 heavy (non-hydrogen) atoms. The van der Waals surface area contributed by atoms with Gasteiger partial charge in [-0.15, -0.1) is 0 Å². The third-order valence-corrected chi connectivity index (χ3v) is 4.56. The maximum atomic E-state index is 12.2. The highest BCUT2D eigenvalue weighted by Gasteiger charge is 2.20. The number of para-hydroxylation sites is 1. The fourth-order valence-corrected chi connectivity index (χ4v) is 3.39. The lowest BCUT2D eigenvalue weighted by Gasteiger charge is -2.17. The highest BCUT2D eigenvalue weighted by molar-refractivity contribution is 6.02. The molecule has 0 spiro atoms. The van der Waals surface area contributed by atoms with Crippen LogP contribution in [0.2, 0.25) is 0 Å². The van der Waals surface area contributed by atoms with E-state index in [0.717, 1.165) is 27.7 Å². The molecule has 0 amide bonds. The second-order valence-corrected chi connectivity index (χ2v) is 6.29. The molecule has 0 radical (unpaired) electrons. The summed E-state index contributed by atoms with van der Waals surface area (Å²) < 4.78 is 11.2. The second-order valence-electron chi connectivity index (χ2n) is 6.29. The van der Waals surface area contributed by atoms with E-state index in [0.29, 0.717) is 11.5 Å². The predicted molar refractivity (Wildman–Crippen MR) is 101 cm³/mol. The Morgan fingerprint density at radius 3 is 2.48 bits per heavy atom. The van der Waals surface area contributed by atoms with Crippen molar-refractivity contribution in [1.29, 1.82) is 0 Å². The summed E-state index contributed by atoms with van der Waals surface area (Å²) in [6.45, 7) is 4.19. The molecule has 0 atom stereocenters. The lowest BCUT2D eigenvalue weighted by molar-refractivity contribution is 0.410. The maximum Gasteiger partial charge on any atom is 0.224 e. The van der Waals surface area contributed by atoms with Crippen LogP contribution in [0.1, 0.15) is 11.1 Å². The van der Waals surface area contributed by atoms with Gasteiger partial charge in [-0.1, -0.05) is 42.0 Å². The van der Waals surface area contributed by atoms with E-state index in [1.807, 2.05) is 24.3 Å². The van der Waals surface area contributed by atoms with Crippen molar-refractivity contribution < 1.29 is 9.15 Å². The number of hydrogen-bond donors (Lipinski definition) is 0. The molecule has 2 aromatic rings.